The molecule has 0 radical (unpaired) electrons. The Balaban J connectivity index is 2.19. The number of aldehydes is 1. The normalized spacial score (nSPS) is 14.6. The first kappa shape index (κ1) is 16.2. The summed E-state index contributed by atoms with van der Waals surface area (Å²) in [5, 5.41) is 0. The van der Waals surface area contributed by atoms with Crippen LogP contribution in [0.1, 0.15) is 30.7 Å². The molecule has 0 amide bonds. The van der Waals surface area contributed by atoms with Crippen molar-refractivity contribution in [2.45, 2.75) is 31.5 Å². The summed E-state index contributed by atoms with van der Waals surface area (Å²) in [6.07, 6.45) is -1.77. The molecule has 2 atom stereocenters. The van der Waals surface area contributed by atoms with Crippen LogP contribution in [0.5, 0.6) is 0 Å². The van der Waals surface area contributed by atoms with Crippen LogP contribution in [0.2, 0.25) is 0 Å². The van der Waals surface area contributed by atoms with Gasteiger partial charge in [-0.2, -0.15) is 13.2 Å². The van der Waals surface area contributed by atoms with Gasteiger partial charge in [-0.1, -0.05) is 19.1 Å². The van der Waals surface area contributed by atoms with Gasteiger partial charge in [0.1, 0.15) is 12.1 Å². The quantitative estimate of drug-likeness (QED) is 0.833. The van der Waals surface area contributed by atoms with Gasteiger partial charge in [0.25, 0.3) is 0 Å². The number of aromatic nitrogens is 2. The van der Waals surface area contributed by atoms with E-state index < -0.39 is 11.7 Å². The fourth-order valence-corrected chi connectivity index (χ4v) is 2.07. The summed E-state index contributed by atoms with van der Waals surface area (Å²) in [4.78, 5) is 17.8. The highest BCUT2D eigenvalue weighted by atomic mass is 19.4. The van der Waals surface area contributed by atoms with Gasteiger partial charge in [0.15, 0.2) is 0 Å². The molecule has 0 fully saturated rings. The van der Waals surface area contributed by atoms with E-state index in [1.54, 1.807) is 6.20 Å². The Hall–Kier alpha value is -2.15. The molecule has 0 spiro atoms. The molecule has 1 aromatic heterocycles. The lowest BCUT2D eigenvalue weighted by atomic mass is 10.00. The first-order chi connectivity index (χ1) is 10.3. The van der Waals surface area contributed by atoms with Crippen molar-refractivity contribution >= 4 is 6.29 Å². The SMILES string of the molecule is C[C@@H](c1nc(-c2ccc(C(F)(F)F)cc2)c[nH]1)C(N)CC=O. The highest BCUT2D eigenvalue weighted by Crippen LogP contribution is 2.31. The number of carbonyl (C=O) groups excluding carboxylic acids is 1. The predicted molar refractivity (Wildman–Crippen MR) is 76.1 cm³/mol. The number of H-pyrrole nitrogens is 1. The zero-order valence-corrected chi connectivity index (χ0v) is 11.9. The minimum absolute atomic E-state index is 0.159. The van der Waals surface area contributed by atoms with Crippen LogP contribution < -0.4 is 5.73 Å². The average Bonchev–Trinajstić information content (AvgIpc) is 2.95. The molecule has 0 saturated carbocycles. The Morgan fingerprint density at radius 1 is 1.32 bits per heavy atom. The van der Waals surface area contributed by atoms with Crippen LogP contribution >= 0.6 is 0 Å². The number of nitrogens with two attached hydrogens (primary N) is 1. The maximum Gasteiger partial charge on any atom is 0.416 e. The van der Waals surface area contributed by atoms with Crippen LogP contribution in [-0.2, 0) is 11.0 Å². The number of benzene rings is 1. The Labute approximate surface area is 125 Å². The summed E-state index contributed by atoms with van der Waals surface area (Å²) < 4.78 is 37.6. The van der Waals surface area contributed by atoms with E-state index in [-0.39, 0.29) is 18.4 Å². The monoisotopic (exact) mass is 311 g/mol. The molecule has 22 heavy (non-hydrogen) atoms. The first-order valence-electron chi connectivity index (χ1n) is 6.75. The number of nitrogens with one attached hydrogen (secondary N) is 1. The fraction of sp³-hybridized carbons (Fsp3) is 0.333. The van der Waals surface area contributed by atoms with Gasteiger partial charge in [0.05, 0.1) is 11.3 Å². The minimum atomic E-state index is -4.36. The smallest absolute Gasteiger partial charge is 0.348 e. The van der Waals surface area contributed by atoms with Gasteiger partial charge in [-0.15, -0.1) is 0 Å². The second-order valence-corrected chi connectivity index (χ2v) is 5.10. The molecule has 1 aromatic carbocycles. The third kappa shape index (κ3) is 3.54. The van der Waals surface area contributed by atoms with Crippen LogP contribution in [0.15, 0.2) is 30.5 Å². The van der Waals surface area contributed by atoms with Gasteiger partial charge < -0.3 is 15.5 Å². The molecule has 2 aromatic rings. The summed E-state index contributed by atoms with van der Waals surface area (Å²) in [5.41, 5.74) is 6.27. The van der Waals surface area contributed by atoms with E-state index in [9.17, 15) is 18.0 Å². The van der Waals surface area contributed by atoms with E-state index in [0.29, 0.717) is 17.1 Å². The lowest BCUT2D eigenvalue weighted by molar-refractivity contribution is -0.137. The standard InChI is InChI=1S/C15H16F3N3O/c1-9(12(19)6-7-22)14-20-8-13(21-14)10-2-4-11(5-3-10)15(16,17)18/h2-5,7-9,12H,6,19H2,1H3,(H,20,21)/t9-,12?/m1/s1. The van der Waals surface area contributed by atoms with Crippen LogP contribution in [0, 0.1) is 0 Å². The van der Waals surface area contributed by atoms with Crippen molar-refractivity contribution in [3.63, 3.8) is 0 Å². The van der Waals surface area contributed by atoms with Crippen molar-refractivity contribution in [3.8, 4) is 11.3 Å². The molecule has 7 heteroatoms. The van der Waals surface area contributed by atoms with Crippen LogP contribution in [0.3, 0.4) is 0 Å². The Kier molecular flexibility index (Phi) is 4.65. The summed E-state index contributed by atoms with van der Waals surface area (Å²) in [6, 6.07) is 4.43. The van der Waals surface area contributed by atoms with Crippen LogP contribution in [0.25, 0.3) is 11.3 Å². The molecule has 2 rings (SSSR count). The number of rotatable bonds is 5. The van der Waals surface area contributed by atoms with Crippen LogP contribution in [0.4, 0.5) is 13.2 Å². The van der Waals surface area contributed by atoms with Crippen molar-refractivity contribution in [1.82, 2.24) is 9.97 Å². The molecule has 0 aliphatic heterocycles. The van der Waals surface area contributed by atoms with Gasteiger partial charge >= 0.3 is 6.18 Å². The molecule has 4 nitrogen and oxygen atoms in total. The molecule has 1 unspecified atom stereocenters. The average molecular weight is 311 g/mol. The van der Waals surface area contributed by atoms with Crippen molar-refractivity contribution in [3.05, 3.63) is 41.9 Å². The van der Waals surface area contributed by atoms with Gasteiger partial charge in [-0.05, 0) is 12.1 Å². The van der Waals surface area contributed by atoms with Crippen molar-refractivity contribution in [2.75, 3.05) is 0 Å². The zero-order chi connectivity index (χ0) is 16.3. The zero-order valence-electron chi connectivity index (χ0n) is 11.9. The minimum Gasteiger partial charge on any atom is -0.348 e. The largest absolute Gasteiger partial charge is 0.416 e. The van der Waals surface area contributed by atoms with Crippen molar-refractivity contribution in [2.24, 2.45) is 5.73 Å². The predicted octanol–water partition coefficient (Wildman–Crippen LogP) is 3.12. The molecular weight excluding hydrogens is 295 g/mol. The van der Waals surface area contributed by atoms with Crippen LogP contribution in [-0.4, -0.2) is 22.3 Å². The van der Waals surface area contributed by atoms with E-state index in [1.807, 2.05) is 6.92 Å². The molecule has 0 saturated heterocycles. The van der Waals surface area contributed by atoms with Gasteiger partial charge in [0.2, 0.25) is 0 Å². The Morgan fingerprint density at radius 2 is 1.95 bits per heavy atom. The molecular formula is C15H16F3N3O. The number of aromatic amines is 1. The highest BCUT2D eigenvalue weighted by molar-refractivity contribution is 5.59. The molecule has 0 bridgehead atoms. The summed E-state index contributed by atoms with van der Waals surface area (Å²) in [7, 11) is 0. The van der Waals surface area contributed by atoms with Crippen molar-refractivity contribution < 1.29 is 18.0 Å². The van der Waals surface area contributed by atoms with E-state index in [4.69, 9.17) is 5.73 Å². The molecule has 1 heterocycles. The third-order valence-electron chi connectivity index (χ3n) is 3.55. The number of hydrogen-bond acceptors (Lipinski definition) is 3. The Morgan fingerprint density at radius 3 is 2.50 bits per heavy atom. The lowest BCUT2D eigenvalue weighted by Gasteiger charge is -2.14. The van der Waals surface area contributed by atoms with E-state index in [0.717, 1.165) is 18.4 Å². The Bertz CT molecular complexity index is 634. The summed E-state index contributed by atoms with van der Waals surface area (Å²) >= 11 is 0. The number of imidazole rings is 1. The van der Waals surface area contributed by atoms with Gasteiger partial charge in [-0.25, -0.2) is 4.98 Å². The number of carbonyl (C=O) groups is 1. The molecule has 118 valence electrons. The van der Waals surface area contributed by atoms with Gasteiger partial charge in [0, 0.05) is 30.1 Å². The van der Waals surface area contributed by atoms with E-state index >= 15 is 0 Å². The topological polar surface area (TPSA) is 71.8 Å². The van der Waals surface area contributed by atoms with E-state index in [2.05, 4.69) is 9.97 Å². The molecule has 0 aliphatic carbocycles. The third-order valence-corrected chi connectivity index (χ3v) is 3.55. The highest BCUT2D eigenvalue weighted by Gasteiger charge is 2.30. The fourth-order valence-electron chi connectivity index (χ4n) is 2.07. The van der Waals surface area contributed by atoms with Gasteiger partial charge in [-0.3, -0.25) is 0 Å². The number of hydrogen-bond donors (Lipinski definition) is 2. The second-order valence-electron chi connectivity index (χ2n) is 5.10. The number of alkyl halides is 3. The van der Waals surface area contributed by atoms with E-state index in [1.165, 1.54) is 12.1 Å². The molecule has 0 aliphatic rings. The first-order valence-corrected chi connectivity index (χ1v) is 6.75. The number of nitrogens with zero attached hydrogens (tertiary/aromatic N) is 1. The lowest BCUT2D eigenvalue weighted by Crippen LogP contribution is -2.27. The second kappa shape index (κ2) is 6.31. The summed E-state index contributed by atoms with van der Waals surface area (Å²) in [5.74, 6) is 0.442. The maximum atomic E-state index is 12.5. The maximum absolute atomic E-state index is 12.5. The van der Waals surface area contributed by atoms with Crippen molar-refractivity contribution in [1.29, 1.82) is 0 Å². The summed E-state index contributed by atoms with van der Waals surface area (Å²) in [6.45, 7) is 1.84. The number of halogens is 3. The molecule has 3 N–H and O–H groups in total.